The van der Waals surface area contributed by atoms with Crippen molar-refractivity contribution >= 4 is 44.9 Å². The molecule has 3 heteroatoms. The van der Waals surface area contributed by atoms with E-state index >= 15 is 0 Å². The summed E-state index contributed by atoms with van der Waals surface area (Å²) in [5.41, 5.74) is 13.5. The molecule has 252 valence electrons. The van der Waals surface area contributed by atoms with Crippen molar-refractivity contribution in [2.45, 2.75) is 15.2 Å². The van der Waals surface area contributed by atoms with Crippen LogP contribution >= 0.6 is 11.8 Å². The fourth-order valence-corrected chi connectivity index (χ4v) is 9.74. The maximum atomic E-state index is 2.51. The fourth-order valence-electron chi connectivity index (χ4n) is 8.57. The van der Waals surface area contributed by atoms with Crippen LogP contribution in [0, 0.1) is 0 Å². The number of hydrogen-bond donors (Lipinski definition) is 0. The molecule has 11 rings (SSSR count). The topological polar surface area (TPSA) is 8.17 Å². The van der Waals surface area contributed by atoms with Crippen molar-refractivity contribution < 1.29 is 0 Å². The molecule has 8 aromatic carbocycles. The van der Waals surface area contributed by atoms with Crippen LogP contribution in [-0.4, -0.2) is 11.6 Å². The molecule has 53 heavy (non-hydrogen) atoms. The van der Waals surface area contributed by atoms with Crippen LogP contribution in [0.15, 0.2) is 210 Å². The molecule has 1 unspecified atom stereocenters. The Morgan fingerprint density at radius 1 is 0.434 bits per heavy atom. The molecule has 2 nitrogen and oxygen atoms in total. The zero-order chi connectivity index (χ0) is 35.4. The largest absolute Gasteiger partial charge is 0.345 e. The van der Waals surface area contributed by atoms with E-state index in [-0.39, 0.29) is 0 Å². The summed E-state index contributed by atoms with van der Waals surface area (Å²) in [7, 11) is 2.13. The summed E-state index contributed by atoms with van der Waals surface area (Å²) in [6, 6.07) is 72.6. The molecule has 2 aliphatic rings. The number of hydrogen-bond acceptors (Lipinski definition) is 2. The Hall–Kier alpha value is -6.29. The van der Waals surface area contributed by atoms with E-state index < -0.39 is 5.41 Å². The minimum atomic E-state index is -0.471. The first-order valence-electron chi connectivity index (χ1n) is 18.2. The Morgan fingerprint density at radius 3 is 1.79 bits per heavy atom. The van der Waals surface area contributed by atoms with Crippen molar-refractivity contribution in [3.63, 3.8) is 0 Å². The number of para-hydroxylation sites is 4. The molecule has 0 saturated carbocycles. The van der Waals surface area contributed by atoms with Gasteiger partial charge in [-0.1, -0.05) is 157 Å². The molecular weight excluding hydrogens is 661 g/mol. The van der Waals surface area contributed by atoms with Crippen molar-refractivity contribution in [2.75, 3.05) is 11.9 Å². The van der Waals surface area contributed by atoms with E-state index in [0.717, 1.165) is 0 Å². The highest BCUT2D eigenvalue weighted by molar-refractivity contribution is 7.99. The Bertz CT molecular complexity index is 2740. The Morgan fingerprint density at radius 2 is 1.00 bits per heavy atom. The lowest BCUT2D eigenvalue weighted by Crippen LogP contribution is -2.37. The molecule has 0 fully saturated rings. The molecule has 2 aliphatic heterocycles. The molecule has 0 saturated heterocycles. The highest BCUT2D eigenvalue weighted by Crippen LogP contribution is 2.60. The minimum Gasteiger partial charge on any atom is -0.345 e. The van der Waals surface area contributed by atoms with Crippen LogP contribution in [-0.2, 0) is 5.41 Å². The molecule has 0 radical (unpaired) electrons. The number of anilines is 2. The number of aromatic nitrogens is 1. The molecule has 0 N–H and O–H groups in total. The molecule has 3 heterocycles. The van der Waals surface area contributed by atoms with Gasteiger partial charge in [-0.2, -0.15) is 0 Å². The first-order valence-corrected chi connectivity index (χ1v) is 19.0. The summed E-state index contributed by atoms with van der Waals surface area (Å²) in [6.45, 7) is 0. The highest BCUT2D eigenvalue weighted by Gasteiger charge is 2.49. The normalized spacial score (nSPS) is 14.9. The SMILES string of the molecule is CN(c1ccccc1)c1ccc(-c2ccc3c(c2)C2(c4ccccc4S3)c3ccccc3-n3c4ccccc4c4cccc2c43)cc1.c1ccccc1. The van der Waals surface area contributed by atoms with Gasteiger partial charge in [0.05, 0.1) is 22.1 Å². The molecule has 1 aromatic heterocycles. The summed E-state index contributed by atoms with van der Waals surface area (Å²) in [5, 5.41) is 2.60. The summed E-state index contributed by atoms with van der Waals surface area (Å²) in [4.78, 5) is 4.86. The third kappa shape index (κ3) is 4.88. The van der Waals surface area contributed by atoms with E-state index in [1.165, 1.54) is 82.0 Å². The molecule has 0 aliphatic carbocycles. The molecular formula is C50H36N2S. The summed E-state index contributed by atoms with van der Waals surface area (Å²) >= 11 is 1.90. The highest BCUT2D eigenvalue weighted by atomic mass is 32.2. The van der Waals surface area contributed by atoms with Crippen LogP contribution in [0.4, 0.5) is 11.4 Å². The lowest BCUT2D eigenvalue weighted by Gasteiger charge is -2.45. The zero-order valence-electron chi connectivity index (χ0n) is 29.4. The first-order chi connectivity index (χ1) is 26.2. The quantitative estimate of drug-likeness (QED) is 0.182. The van der Waals surface area contributed by atoms with E-state index in [4.69, 9.17) is 0 Å². The van der Waals surface area contributed by atoms with Crippen LogP contribution < -0.4 is 4.90 Å². The van der Waals surface area contributed by atoms with Gasteiger partial charge in [0.1, 0.15) is 0 Å². The third-order valence-electron chi connectivity index (χ3n) is 10.9. The van der Waals surface area contributed by atoms with Crippen LogP contribution in [0.2, 0.25) is 0 Å². The van der Waals surface area contributed by atoms with E-state index in [0.29, 0.717) is 0 Å². The average Bonchev–Trinajstić information content (AvgIpc) is 3.58. The standard InChI is InChI=1S/C44H30N2S.C6H6/c1-45(31-12-3-2-4-13-31)32-25-22-29(23-26-32)30-24-27-42-38(28-30)44(36-17-7-10-21-41(36)47-42)35-16-6-9-20-40(35)46-39-19-8-5-14-33(39)34-15-11-18-37(44)43(34)46;1-2-4-6-5-3-1/h2-28H,1H3;1-6H. The van der Waals surface area contributed by atoms with E-state index in [9.17, 15) is 0 Å². The zero-order valence-corrected chi connectivity index (χ0v) is 30.2. The second-order valence-corrected chi connectivity index (χ2v) is 14.8. The van der Waals surface area contributed by atoms with Crippen molar-refractivity contribution in [3.8, 4) is 16.8 Å². The van der Waals surface area contributed by atoms with Gasteiger partial charge < -0.3 is 9.47 Å². The molecule has 1 spiro atoms. The van der Waals surface area contributed by atoms with Gasteiger partial charge in [0.2, 0.25) is 0 Å². The van der Waals surface area contributed by atoms with E-state index in [1.807, 2.05) is 48.2 Å². The molecule has 0 amide bonds. The summed E-state index contributed by atoms with van der Waals surface area (Å²) < 4.78 is 2.51. The Balaban J connectivity index is 0.000000533. The number of nitrogens with zero attached hydrogens (tertiary/aromatic N) is 2. The summed E-state index contributed by atoms with van der Waals surface area (Å²) in [6.07, 6.45) is 0. The fraction of sp³-hybridized carbons (Fsp3) is 0.0400. The lowest BCUT2D eigenvalue weighted by atomic mass is 9.62. The average molecular weight is 697 g/mol. The number of fused-ring (bicyclic) bond motifs is 11. The van der Waals surface area contributed by atoms with E-state index in [1.54, 1.807) is 0 Å². The van der Waals surface area contributed by atoms with Crippen molar-refractivity contribution in [1.29, 1.82) is 0 Å². The van der Waals surface area contributed by atoms with Crippen molar-refractivity contribution in [2.24, 2.45) is 0 Å². The second-order valence-electron chi connectivity index (χ2n) is 13.7. The van der Waals surface area contributed by atoms with Gasteiger partial charge in [-0.25, -0.2) is 0 Å². The van der Waals surface area contributed by atoms with Gasteiger partial charge in [0.25, 0.3) is 0 Å². The predicted octanol–water partition coefficient (Wildman–Crippen LogP) is 13.1. The lowest BCUT2D eigenvalue weighted by molar-refractivity contribution is 0.690. The van der Waals surface area contributed by atoms with Crippen molar-refractivity contribution in [3.05, 3.63) is 222 Å². The monoisotopic (exact) mass is 696 g/mol. The van der Waals surface area contributed by atoms with E-state index in [2.05, 4.69) is 180 Å². The molecule has 0 bridgehead atoms. The van der Waals surface area contributed by atoms with Crippen molar-refractivity contribution in [1.82, 2.24) is 4.57 Å². The van der Waals surface area contributed by atoms with Gasteiger partial charge >= 0.3 is 0 Å². The van der Waals surface area contributed by atoms with Gasteiger partial charge in [-0.3, -0.25) is 0 Å². The van der Waals surface area contributed by atoms with Crippen LogP contribution in [0.25, 0.3) is 38.6 Å². The summed E-state index contributed by atoms with van der Waals surface area (Å²) in [5.74, 6) is 0. The predicted molar refractivity (Wildman–Crippen MR) is 223 cm³/mol. The Labute approximate surface area is 314 Å². The smallest absolute Gasteiger partial charge is 0.0764 e. The van der Waals surface area contributed by atoms with Gasteiger partial charge in [-0.15, -0.1) is 0 Å². The molecule has 1 atom stereocenters. The first kappa shape index (κ1) is 31.4. The molecule has 9 aromatic rings. The number of rotatable bonds is 3. The second kappa shape index (κ2) is 12.7. The van der Waals surface area contributed by atoms with Gasteiger partial charge in [0, 0.05) is 39.0 Å². The maximum absolute atomic E-state index is 2.51. The van der Waals surface area contributed by atoms with Gasteiger partial charge in [0.15, 0.2) is 0 Å². The van der Waals surface area contributed by atoms with Crippen LogP contribution in [0.3, 0.4) is 0 Å². The third-order valence-corrected chi connectivity index (χ3v) is 12.1. The van der Waals surface area contributed by atoms with Crippen LogP contribution in [0.5, 0.6) is 0 Å². The van der Waals surface area contributed by atoms with Crippen LogP contribution in [0.1, 0.15) is 22.3 Å². The number of benzene rings is 8. The Kier molecular flexibility index (Phi) is 7.56. The maximum Gasteiger partial charge on any atom is 0.0764 e. The minimum absolute atomic E-state index is 0.471. The van der Waals surface area contributed by atoms with Gasteiger partial charge in [-0.05, 0) is 88.0 Å².